The molecule has 0 N–H and O–H groups in total. The van der Waals surface area contributed by atoms with E-state index < -0.39 is 8.80 Å². The van der Waals surface area contributed by atoms with Gasteiger partial charge in [-0.05, 0) is 35.1 Å². The van der Waals surface area contributed by atoms with Crippen molar-refractivity contribution in [1.29, 1.82) is 0 Å². The summed E-state index contributed by atoms with van der Waals surface area (Å²) in [7, 11) is -0.549. The number of benzene rings is 1. The number of hydrogen-bond donors (Lipinski definition) is 0. The summed E-state index contributed by atoms with van der Waals surface area (Å²) in [6, 6.07) is 10.2. The Kier molecular flexibility index (Phi) is 3.19. The van der Waals surface area contributed by atoms with E-state index in [9.17, 15) is 0 Å². The lowest BCUT2D eigenvalue weighted by atomic mass is 9.95. The maximum absolute atomic E-state index is 2.50. The molecule has 1 fully saturated rings. The maximum atomic E-state index is 2.50. The molecule has 1 aliphatic heterocycles. The monoisotopic (exact) mass is 256 g/mol. The van der Waals surface area contributed by atoms with Gasteiger partial charge in [0.1, 0.15) is 0 Å². The molecule has 1 unspecified atom stereocenters. The van der Waals surface area contributed by atoms with E-state index in [4.69, 9.17) is 0 Å². The average molecular weight is 256 g/mol. The summed E-state index contributed by atoms with van der Waals surface area (Å²) in [5.74, 6) is 0.646. The highest BCUT2D eigenvalue weighted by molar-refractivity contribution is 6.62. The van der Waals surface area contributed by atoms with Crippen LogP contribution in [0, 0.1) is 0 Å². The van der Waals surface area contributed by atoms with Gasteiger partial charge in [0.2, 0.25) is 0 Å². The molecule has 96 valence electrons. The van der Waals surface area contributed by atoms with Gasteiger partial charge >= 0.3 is 0 Å². The quantitative estimate of drug-likeness (QED) is 0.662. The summed E-state index contributed by atoms with van der Waals surface area (Å²) in [6.07, 6.45) is 5.50. The second-order valence-corrected chi connectivity index (χ2v) is 9.76. The van der Waals surface area contributed by atoms with Crippen LogP contribution in [0.1, 0.15) is 61.8 Å². The van der Waals surface area contributed by atoms with Crippen LogP contribution >= 0.6 is 0 Å². The molecule has 1 heterocycles. The summed E-state index contributed by atoms with van der Waals surface area (Å²) in [6.45, 7) is 7.01. The van der Waals surface area contributed by atoms with Gasteiger partial charge in [-0.2, -0.15) is 0 Å². The predicted octanol–water partition coefficient (Wildman–Crippen LogP) is 4.87. The van der Waals surface area contributed by atoms with Crippen molar-refractivity contribution in [2.45, 2.75) is 57.2 Å². The molecule has 0 aromatic heterocycles. The van der Waals surface area contributed by atoms with Crippen LogP contribution in [-0.4, -0.2) is 8.80 Å². The number of fused-ring (bicyclic) bond motifs is 1. The van der Waals surface area contributed by atoms with E-state index in [0.29, 0.717) is 5.92 Å². The molecule has 0 saturated carbocycles. The van der Waals surface area contributed by atoms with E-state index >= 15 is 0 Å². The smallest absolute Gasteiger partial charge is 0.0500 e. The largest absolute Gasteiger partial charge is 0.0682 e. The standard InChI is InChI=1S/C17H24Si/c1-12(2)14-7-6-8-15-16(14)11-13(3)17(15)18-9-4-5-10-18/h6-8,11-12,17-18H,4-5,9-10H2,1-3H3. The van der Waals surface area contributed by atoms with Crippen molar-refractivity contribution in [1.82, 2.24) is 0 Å². The Morgan fingerprint density at radius 1 is 1.17 bits per heavy atom. The van der Waals surface area contributed by atoms with Crippen molar-refractivity contribution in [3.05, 3.63) is 40.5 Å². The Bertz CT molecular complexity index is 478. The van der Waals surface area contributed by atoms with E-state index in [1.54, 1.807) is 34.4 Å². The van der Waals surface area contributed by atoms with Crippen LogP contribution in [0.3, 0.4) is 0 Å². The molecule has 0 radical (unpaired) electrons. The highest BCUT2D eigenvalue weighted by Gasteiger charge is 2.33. The maximum Gasteiger partial charge on any atom is 0.0500 e. The van der Waals surface area contributed by atoms with Crippen LogP contribution < -0.4 is 0 Å². The summed E-state index contributed by atoms with van der Waals surface area (Å²) >= 11 is 0. The van der Waals surface area contributed by atoms with Gasteiger partial charge in [0, 0.05) is 0 Å². The molecule has 1 aromatic carbocycles. The lowest BCUT2D eigenvalue weighted by molar-refractivity contribution is 0.861. The van der Waals surface area contributed by atoms with Gasteiger partial charge in [0.05, 0.1) is 8.80 Å². The Morgan fingerprint density at radius 3 is 2.56 bits per heavy atom. The Balaban J connectivity index is 2.04. The second kappa shape index (κ2) is 4.69. The highest BCUT2D eigenvalue weighted by atomic mass is 28.3. The van der Waals surface area contributed by atoms with Crippen molar-refractivity contribution >= 4 is 14.9 Å². The Morgan fingerprint density at radius 2 is 1.89 bits per heavy atom. The molecule has 0 amide bonds. The first-order chi connectivity index (χ1) is 8.68. The lowest BCUT2D eigenvalue weighted by Crippen LogP contribution is -2.19. The fraction of sp³-hybridized carbons (Fsp3) is 0.529. The van der Waals surface area contributed by atoms with Crippen molar-refractivity contribution < 1.29 is 0 Å². The number of allylic oxidation sites excluding steroid dienone is 1. The molecule has 1 aliphatic carbocycles. The normalized spacial score (nSPS) is 23.6. The van der Waals surface area contributed by atoms with Crippen LogP contribution in [0.15, 0.2) is 23.8 Å². The fourth-order valence-electron chi connectivity index (χ4n) is 4.02. The third-order valence-corrected chi connectivity index (χ3v) is 8.99. The molecular formula is C17H24Si. The summed E-state index contributed by atoms with van der Waals surface area (Å²) < 4.78 is 0. The van der Waals surface area contributed by atoms with Crippen LogP contribution in [-0.2, 0) is 0 Å². The zero-order valence-electron chi connectivity index (χ0n) is 11.9. The lowest BCUT2D eigenvalue weighted by Gasteiger charge is -2.21. The molecule has 1 saturated heterocycles. The molecule has 1 aromatic rings. The van der Waals surface area contributed by atoms with E-state index in [0.717, 1.165) is 5.54 Å². The van der Waals surface area contributed by atoms with E-state index in [1.807, 2.05) is 0 Å². The van der Waals surface area contributed by atoms with E-state index in [-0.39, 0.29) is 0 Å². The molecule has 1 atom stereocenters. The van der Waals surface area contributed by atoms with Crippen LogP contribution in [0.25, 0.3) is 6.08 Å². The number of rotatable bonds is 2. The summed E-state index contributed by atoms with van der Waals surface area (Å²) in [5, 5.41) is 0. The molecule has 2 aliphatic rings. The minimum Gasteiger partial charge on any atom is -0.0682 e. The highest BCUT2D eigenvalue weighted by Crippen LogP contribution is 2.44. The third-order valence-electron chi connectivity index (χ3n) is 4.86. The Labute approximate surface area is 113 Å². The van der Waals surface area contributed by atoms with Gasteiger partial charge in [-0.15, -0.1) is 0 Å². The molecule has 0 bridgehead atoms. The zero-order chi connectivity index (χ0) is 12.7. The van der Waals surface area contributed by atoms with Crippen molar-refractivity contribution in [2.75, 3.05) is 0 Å². The molecule has 0 nitrogen and oxygen atoms in total. The SMILES string of the molecule is CC1=Cc2c(C(C)C)cccc2C1[SiH]1CCCC1. The Hall–Kier alpha value is -0.823. The van der Waals surface area contributed by atoms with Crippen molar-refractivity contribution in [3.63, 3.8) is 0 Å². The van der Waals surface area contributed by atoms with Crippen molar-refractivity contribution in [2.24, 2.45) is 0 Å². The van der Waals surface area contributed by atoms with Gasteiger partial charge in [-0.25, -0.2) is 0 Å². The average Bonchev–Trinajstić information content (AvgIpc) is 2.93. The fourth-order valence-corrected chi connectivity index (χ4v) is 8.24. The first-order valence-corrected chi connectivity index (χ1v) is 9.79. The topological polar surface area (TPSA) is 0 Å². The minimum atomic E-state index is -0.549. The van der Waals surface area contributed by atoms with Gasteiger partial charge < -0.3 is 0 Å². The van der Waals surface area contributed by atoms with Gasteiger partial charge in [-0.3, -0.25) is 0 Å². The van der Waals surface area contributed by atoms with Gasteiger partial charge in [0.15, 0.2) is 0 Å². The number of hydrogen-bond acceptors (Lipinski definition) is 0. The van der Waals surface area contributed by atoms with Crippen LogP contribution in [0.5, 0.6) is 0 Å². The zero-order valence-corrected chi connectivity index (χ0v) is 13.0. The molecule has 1 heteroatoms. The van der Waals surface area contributed by atoms with Gasteiger partial charge in [0.25, 0.3) is 0 Å². The van der Waals surface area contributed by atoms with Gasteiger partial charge in [-0.1, -0.05) is 68.6 Å². The summed E-state index contributed by atoms with van der Waals surface area (Å²) in [4.78, 5) is 0. The van der Waals surface area contributed by atoms with E-state index in [1.165, 1.54) is 12.8 Å². The molecule has 3 rings (SSSR count). The summed E-state index contributed by atoms with van der Waals surface area (Å²) in [5.41, 5.74) is 7.34. The van der Waals surface area contributed by atoms with Crippen LogP contribution in [0.4, 0.5) is 0 Å². The second-order valence-electron chi connectivity index (χ2n) is 6.42. The van der Waals surface area contributed by atoms with E-state index in [2.05, 4.69) is 45.0 Å². The van der Waals surface area contributed by atoms with Crippen LogP contribution in [0.2, 0.25) is 12.1 Å². The van der Waals surface area contributed by atoms with Crippen molar-refractivity contribution in [3.8, 4) is 0 Å². The predicted molar refractivity (Wildman–Crippen MR) is 82.9 cm³/mol. The first kappa shape index (κ1) is 12.2. The molecular weight excluding hydrogens is 232 g/mol. The molecule has 0 spiro atoms. The molecule has 18 heavy (non-hydrogen) atoms. The first-order valence-electron chi connectivity index (χ1n) is 7.49. The third kappa shape index (κ3) is 1.89. The minimum absolute atomic E-state index is 0.549.